The quantitative estimate of drug-likeness (QED) is 0.121. The Morgan fingerprint density at radius 1 is 0.780 bits per heavy atom. The molecule has 0 spiro atoms. The predicted molar refractivity (Wildman–Crippen MR) is 215 cm³/mol. The van der Waals surface area contributed by atoms with Gasteiger partial charge in [-0.2, -0.15) is 0 Å². The number of imide groups is 1. The number of hydrogen-bond acceptors (Lipinski definition) is 11. The first-order valence-corrected chi connectivity index (χ1v) is 19.8. The minimum Gasteiger partial charge on any atom is -0.482 e. The largest absolute Gasteiger partial charge is 0.482 e. The molecule has 4 aromatic carbocycles. The molecule has 0 radical (unpaired) electrons. The summed E-state index contributed by atoms with van der Waals surface area (Å²) in [6.07, 6.45) is -0.534. The Balaban J connectivity index is 1.07. The van der Waals surface area contributed by atoms with Gasteiger partial charge >= 0.3 is 6.09 Å². The van der Waals surface area contributed by atoms with Crippen LogP contribution in [0.5, 0.6) is 0 Å². The van der Waals surface area contributed by atoms with E-state index in [-0.39, 0.29) is 39.5 Å². The molecule has 308 valence electrons. The predicted octanol–water partition coefficient (Wildman–Crippen LogP) is 6.28. The van der Waals surface area contributed by atoms with E-state index in [1.165, 1.54) is 13.2 Å². The number of hydrogen-bond donors (Lipinski definition) is 1. The third-order valence-electron chi connectivity index (χ3n) is 10.6. The molecular formula is C47H49NO11. The van der Waals surface area contributed by atoms with Crippen molar-refractivity contribution in [3.8, 4) is 0 Å². The molecule has 8 atom stereocenters. The zero-order valence-electron chi connectivity index (χ0n) is 32.8. The second-order valence-electron chi connectivity index (χ2n) is 14.5. The SMILES string of the molecule is CO[C@H]1O[C@H](CO)[C@@H](OCc2ccccc2)[C@H](OCc2ccccc2)[C@@H]1OCCC=C1C=CC(=O)[C@H]([C@@H](Cc2ccccc2)C(=O)N2C(=O)OC[C@@H]2c2ccccc2)O1. The van der Waals surface area contributed by atoms with Crippen LogP contribution in [0.25, 0.3) is 0 Å². The first-order chi connectivity index (χ1) is 28.9. The number of carbonyl (C=O) groups is 3. The summed E-state index contributed by atoms with van der Waals surface area (Å²) >= 11 is 0. The van der Waals surface area contributed by atoms with Gasteiger partial charge < -0.3 is 38.3 Å². The Morgan fingerprint density at radius 2 is 1.37 bits per heavy atom. The minimum atomic E-state index is -1.21. The molecule has 0 unspecified atom stereocenters. The summed E-state index contributed by atoms with van der Waals surface area (Å²) in [6, 6.07) is 37.3. The minimum absolute atomic E-state index is 0.00579. The average molecular weight is 804 g/mol. The number of methoxy groups -OCH3 is 1. The lowest BCUT2D eigenvalue weighted by atomic mass is 9.88. The van der Waals surface area contributed by atoms with Crippen LogP contribution in [0.3, 0.4) is 0 Å². The van der Waals surface area contributed by atoms with Crippen molar-refractivity contribution in [1.29, 1.82) is 0 Å². The van der Waals surface area contributed by atoms with Crippen molar-refractivity contribution in [2.75, 3.05) is 26.9 Å². The van der Waals surface area contributed by atoms with Crippen LogP contribution < -0.4 is 0 Å². The molecule has 4 aromatic rings. The van der Waals surface area contributed by atoms with Gasteiger partial charge in [0.2, 0.25) is 5.91 Å². The molecule has 12 nitrogen and oxygen atoms in total. The van der Waals surface area contributed by atoms with Crippen LogP contribution in [-0.2, 0) is 62.4 Å². The summed E-state index contributed by atoms with van der Waals surface area (Å²) in [5.74, 6) is -1.62. The maximum absolute atomic E-state index is 14.4. The average Bonchev–Trinajstić information content (AvgIpc) is 3.68. The standard InChI is InChI=1S/C47H49NO11/c1-53-46-44(43(56-30-34-19-10-4-11-20-34)42(40(28-49)59-46)55-29-33-17-8-3-9-18-33)54-26-14-23-36-24-25-39(50)41(58-36)37(27-32-15-6-2-7-16-32)45(51)48-38(31-57-47(48)52)35-21-12-5-13-22-35/h2-13,15-25,37-38,40-44,46,49H,14,26-31H2,1H3/t37-,38-,40-,41+,42-,43+,44+,46+/m1/s1. The highest BCUT2D eigenvalue weighted by Crippen LogP contribution is 2.34. The van der Waals surface area contributed by atoms with E-state index < -0.39 is 66.6 Å². The summed E-state index contributed by atoms with van der Waals surface area (Å²) in [7, 11) is 1.51. The number of aliphatic hydroxyl groups excluding tert-OH is 1. The zero-order valence-corrected chi connectivity index (χ0v) is 32.8. The van der Waals surface area contributed by atoms with Crippen molar-refractivity contribution in [2.24, 2.45) is 5.92 Å². The molecule has 3 heterocycles. The molecule has 0 aromatic heterocycles. The molecule has 1 N–H and O–H groups in total. The molecule has 59 heavy (non-hydrogen) atoms. The van der Waals surface area contributed by atoms with E-state index in [2.05, 4.69) is 0 Å². The Bertz CT molecular complexity index is 2030. The lowest BCUT2D eigenvalue weighted by Crippen LogP contribution is -2.61. The maximum Gasteiger partial charge on any atom is 0.417 e. The molecule has 3 aliphatic heterocycles. The van der Waals surface area contributed by atoms with Crippen LogP contribution in [0.1, 0.15) is 34.7 Å². The van der Waals surface area contributed by atoms with Crippen LogP contribution in [-0.4, -0.2) is 91.5 Å². The first kappa shape index (κ1) is 41.7. The zero-order chi connectivity index (χ0) is 41.0. The van der Waals surface area contributed by atoms with E-state index in [0.717, 1.165) is 27.2 Å². The molecule has 0 bridgehead atoms. The molecule has 12 heteroatoms. The Kier molecular flexibility index (Phi) is 14.5. The number of allylic oxidation sites excluding steroid dienone is 1. The summed E-state index contributed by atoms with van der Waals surface area (Å²) in [5.41, 5.74) is 3.45. The highest BCUT2D eigenvalue weighted by molar-refractivity contribution is 6.02. The smallest absolute Gasteiger partial charge is 0.417 e. The maximum atomic E-state index is 14.4. The summed E-state index contributed by atoms with van der Waals surface area (Å²) in [6.45, 7) is 0.361. The van der Waals surface area contributed by atoms with Crippen molar-refractivity contribution in [3.05, 3.63) is 168 Å². The van der Waals surface area contributed by atoms with E-state index in [4.69, 9.17) is 33.2 Å². The van der Waals surface area contributed by atoms with Gasteiger partial charge in [0.1, 0.15) is 42.8 Å². The van der Waals surface area contributed by atoms with Crippen molar-refractivity contribution in [1.82, 2.24) is 4.90 Å². The first-order valence-electron chi connectivity index (χ1n) is 19.8. The van der Waals surface area contributed by atoms with Crippen LogP contribution in [0, 0.1) is 5.92 Å². The molecule has 3 aliphatic rings. The van der Waals surface area contributed by atoms with Gasteiger partial charge in [0.25, 0.3) is 0 Å². The highest BCUT2D eigenvalue weighted by atomic mass is 16.7. The molecule has 0 aliphatic carbocycles. The monoisotopic (exact) mass is 803 g/mol. The molecule has 7 rings (SSSR count). The van der Waals surface area contributed by atoms with E-state index >= 15 is 0 Å². The number of amides is 2. The number of ether oxygens (including phenoxy) is 7. The molecule has 2 fully saturated rings. The van der Waals surface area contributed by atoms with Gasteiger partial charge in [0.05, 0.1) is 32.3 Å². The lowest BCUT2D eigenvalue weighted by Gasteiger charge is -2.45. The topological polar surface area (TPSA) is 139 Å². The summed E-state index contributed by atoms with van der Waals surface area (Å²) in [4.78, 5) is 42.2. The number of nitrogens with zero attached hydrogens (tertiary/aromatic N) is 1. The third kappa shape index (κ3) is 10.4. The Labute approximate surface area is 343 Å². The van der Waals surface area contributed by atoms with E-state index in [1.54, 1.807) is 12.2 Å². The van der Waals surface area contributed by atoms with Crippen molar-refractivity contribution >= 4 is 17.8 Å². The fraction of sp³-hybridized carbons (Fsp3) is 0.340. The van der Waals surface area contributed by atoms with Crippen molar-refractivity contribution < 1.29 is 52.6 Å². The van der Waals surface area contributed by atoms with Crippen LogP contribution >= 0.6 is 0 Å². The van der Waals surface area contributed by atoms with Gasteiger partial charge in [-0.05, 0) is 53.3 Å². The van der Waals surface area contributed by atoms with Crippen LogP contribution in [0.2, 0.25) is 0 Å². The Morgan fingerprint density at radius 3 is 1.98 bits per heavy atom. The molecule has 0 saturated carbocycles. The van der Waals surface area contributed by atoms with Crippen molar-refractivity contribution in [2.45, 2.75) is 68.9 Å². The fourth-order valence-electron chi connectivity index (χ4n) is 7.58. The van der Waals surface area contributed by atoms with Gasteiger partial charge in [-0.3, -0.25) is 9.59 Å². The van der Waals surface area contributed by atoms with E-state index in [1.807, 2.05) is 121 Å². The number of aliphatic hydroxyl groups is 1. The van der Waals surface area contributed by atoms with Gasteiger partial charge in [0, 0.05) is 7.11 Å². The molecular weight excluding hydrogens is 755 g/mol. The van der Waals surface area contributed by atoms with Gasteiger partial charge in [-0.1, -0.05) is 121 Å². The number of cyclic esters (lactones) is 1. The van der Waals surface area contributed by atoms with Gasteiger partial charge in [0.15, 0.2) is 18.2 Å². The van der Waals surface area contributed by atoms with Crippen molar-refractivity contribution in [3.63, 3.8) is 0 Å². The normalized spacial score (nSPS) is 25.4. The number of carbonyl (C=O) groups excluding carboxylic acids is 3. The summed E-state index contributed by atoms with van der Waals surface area (Å²) < 4.78 is 43.0. The third-order valence-corrected chi connectivity index (χ3v) is 10.6. The Hall–Kier alpha value is -5.47. The fourth-order valence-corrected chi connectivity index (χ4v) is 7.58. The van der Waals surface area contributed by atoms with E-state index in [0.29, 0.717) is 12.2 Å². The van der Waals surface area contributed by atoms with Gasteiger partial charge in [-0.25, -0.2) is 9.69 Å². The second-order valence-corrected chi connectivity index (χ2v) is 14.5. The number of rotatable bonds is 17. The van der Waals surface area contributed by atoms with Gasteiger partial charge in [-0.15, -0.1) is 0 Å². The van der Waals surface area contributed by atoms with E-state index in [9.17, 15) is 19.5 Å². The van der Waals surface area contributed by atoms with Crippen LogP contribution in [0.15, 0.2) is 145 Å². The lowest BCUT2D eigenvalue weighted by molar-refractivity contribution is -0.319. The number of benzene rings is 4. The number of ketones is 1. The second kappa shape index (κ2) is 20.5. The summed E-state index contributed by atoms with van der Waals surface area (Å²) in [5, 5.41) is 10.4. The van der Waals surface area contributed by atoms with Crippen LogP contribution in [0.4, 0.5) is 4.79 Å². The highest BCUT2D eigenvalue weighted by Gasteiger charge is 2.49. The molecule has 2 saturated heterocycles. The molecule has 2 amide bonds.